The van der Waals surface area contributed by atoms with Crippen LogP contribution in [0, 0.1) is 0 Å². The molecule has 2 aromatic rings. The van der Waals surface area contributed by atoms with E-state index < -0.39 is 24.5 Å². The van der Waals surface area contributed by atoms with E-state index in [1.165, 1.54) is 32.3 Å². The van der Waals surface area contributed by atoms with Crippen LogP contribution in [-0.4, -0.2) is 51.8 Å². The van der Waals surface area contributed by atoms with E-state index in [4.69, 9.17) is 18.9 Å². The van der Waals surface area contributed by atoms with Crippen molar-refractivity contribution >= 4 is 29.2 Å². The first-order valence-electron chi connectivity index (χ1n) is 9.58. The molecule has 0 aromatic heterocycles. The summed E-state index contributed by atoms with van der Waals surface area (Å²) in [5.74, 6) is -0.630. The lowest BCUT2D eigenvalue weighted by molar-refractivity contribution is -0.122. The minimum Gasteiger partial charge on any atom is -0.493 e. The normalized spacial score (nSPS) is 15.3. The molecule has 1 N–H and O–H groups in total. The van der Waals surface area contributed by atoms with Gasteiger partial charge in [0, 0.05) is 12.5 Å². The highest BCUT2D eigenvalue weighted by molar-refractivity contribution is 6.05. The smallest absolute Gasteiger partial charge is 0.342 e. The van der Waals surface area contributed by atoms with E-state index in [2.05, 4.69) is 5.32 Å². The third-order valence-corrected chi connectivity index (χ3v) is 4.88. The summed E-state index contributed by atoms with van der Waals surface area (Å²) in [6, 6.07) is 9.58. The predicted molar refractivity (Wildman–Crippen MR) is 113 cm³/mol. The number of hydrogen-bond acceptors (Lipinski definition) is 7. The van der Waals surface area contributed by atoms with Crippen LogP contribution in [0.15, 0.2) is 36.4 Å². The minimum absolute atomic E-state index is 0.0918. The molecule has 0 spiro atoms. The Morgan fingerprint density at radius 1 is 1.03 bits per heavy atom. The van der Waals surface area contributed by atoms with Crippen LogP contribution >= 0.6 is 0 Å². The molecule has 9 nitrogen and oxygen atoms in total. The van der Waals surface area contributed by atoms with Crippen molar-refractivity contribution in [2.45, 2.75) is 19.4 Å². The zero-order chi connectivity index (χ0) is 22.5. The molecule has 0 fully saturated rings. The molecule has 1 aliphatic rings. The number of nitrogens with zero attached hydrogens (tertiary/aromatic N) is 1. The molecule has 0 saturated carbocycles. The number of carbonyl (C=O) groups excluding carboxylic acids is 3. The number of hydrogen-bond donors (Lipinski definition) is 1. The maximum absolute atomic E-state index is 13.0. The van der Waals surface area contributed by atoms with E-state index in [0.717, 1.165) is 0 Å². The van der Waals surface area contributed by atoms with Crippen molar-refractivity contribution in [2.24, 2.45) is 0 Å². The van der Waals surface area contributed by atoms with Gasteiger partial charge in [-0.1, -0.05) is 12.1 Å². The average Bonchev–Trinajstić information content (AvgIpc) is 2.89. The Hall–Kier alpha value is -3.75. The fourth-order valence-electron chi connectivity index (χ4n) is 3.50. The van der Waals surface area contributed by atoms with Crippen molar-refractivity contribution in [2.75, 3.05) is 38.2 Å². The van der Waals surface area contributed by atoms with Crippen molar-refractivity contribution < 1.29 is 33.3 Å². The van der Waals surface area contributed by atoms with Crippen LogP contribution in [0.1, 0.15) is 23.7 Å². The monoisotopic (exact) mass is 428 g/mol. The largest absolute Gasteiger partial charge is 0.493 e. The van der Waals surface area contributed by atoms with Gasteiger partial charge in [-0.3, -0.25) is 9.59 Å². The number of fused-ring (bicyclic) bond motifs is 1. The number of nitrogens with one attached hydrogen (secondary N) is 1. The van der Waals surface area contributed by atoms with Gasteiger partial charge in [-0.05, 0) is 31.2 Å². The van der Waals surface area contributed by atoms with Gasteiger partial charge in [0.1, 0.15) is 5.56 Å². The molecule has 2 aromatic carbocycles. The average molecular weight is 428 g/mol. The van der Waals surface area contributed by atoms with Gasteiger partial charge in [-0.15, -0.1) is 0 Å². The predicted octanol–water partition coefficient (Wildman–Crippen LogP) is 2.63. The Balaban J connectivity index is 1.81. The summed E-state index contributed by atoms with van der Waals surface area (Å²) in [6.45, 7) is 1.25. The highest BCUT2D eigenvalue weighted by atomic mass is 16.5. The van der Waals surface area contributed by atoms with Gasteiger partial charge in [-0.25, -0.2) is 4.79 Å². The lowest BCUT2D eigenvalue weighted by atomic mass is 10.1. The molecule has 1 atom stereocenters. The summed E-state index contributed by atoms with van der Waals surface area (Å²) in [5, 5.41) is 2.78. The third-order valence-electron chi connectivity index (χ3n) is 4.88. The lowest BCUT2D eigenvalue weighted by Gasteiger charge is -2.27. The molecule has 1 unspecified atom stereocenters. The molecular formula is C22H24N2O7. The van der Waals surface area contributed by atoms with Crippen molar-refractivity contribution in [3.8, 4) is 17.2 Å². The standard InChI is InChI=1S/C22H24N2O7/c1-13-11-18(25)23-15-7-5-6-8-16(15)24(13)19(26)12-31-22(27)14-9-10-17(28-2)21(30-4)20(14)29-3/h5-10,13H,11-12H2,1-4H3,(H,23,25). The van der Waals surface area contributed by atoms with Crippen LogP contribution in [0.5, 0.6) is 17.2 Å². The Morgan fingerprint density at radius 2 is 1.74 bits per heavy atom. The van der Waals surface area contributed by atoms with Crippen LogP contribution in [0.3, 0.4) is 0 Å². The Labute approximate surface area is 179 Å². The lowest BCUT2D eigenvalue weighted by Crippen LogP contribution is -2.41. The maximum Gasteiger partial charge on any atom is 0.342 e. The van der Waals surface area contributed by atoms with Crippen LogP contribution < -0.4 is 24.4 Å². The summed E-state index contributed by atoms with van der Waals surface area (Å²) in [4.78, 5) is 39.2. The first kappa shape index (κ1) is 21.9. The number of esters is 1. The number of amides is 2. The number of anilines is 2. The second kappa shape index (κ2) is 9.38. The van der Waals surface area contributed by atoms with Crippen LogP contribution in [0.2, 0.25) is 0 Å². The number of carbonyl (C=O) groups is 3. The van der Waals surface area contributed by atoms with E-state index in [1.807, 2.05) is 0 Å². The summed E-state index contributed by atoms with van der Waals surface area (Å²) < 4.78 is 21.1. The molecule has 9 heteroatoms. The second-order valence-electron chi connectivity index (χ2n) is 6.84. The third kappa shape index (κ3) is 4.40. The van der Waals surface area contributed by atoms with Gasteiger partial charge in [0.2, 0.25) is 11.7 Å². The van der Waals surface area contributed by atoms with Gasteiger partial charge >= 0.3 is 5.97 Å². The zero-order valence-electron chi connectivity index (χ0n) is 17.8. The quantitative estimate of drug-likeness (QED) is 0.706. The Morgan fingerprint density at radius 3 is 2.42 bits per heavy atom. The first-order chi connectivity index (χ1) is 14.9. The molecule has 0 aliphatic carbocycles. The van der Waals surface area contributed by atoms with Crippen LogP contribution in [0.4, 0.5) is 11.4 Å². The molecule has 0 saturated heterocycles. The molecular weight excluding hydrogens is 404 g/mol. The summed E-state index contributed by atoms with van der Waals surface area (Å²) in [6.07, 6.45) is 0.123. The Bertz CT molecular complexity index is 1010. The summed E-state index contributed by atoms with van der Waals surface area (Å²) in [5.41, 5.74) is 1.16. The molecule has 1 aliphatic heterocycles. The van der Waals surface area contributed by atoms with Crippen molar-refractivity contribution in [3.63, 3.8) is 0 Å². The molecule has 2 amide bonds. The van der Waals surface area contributed by atoms with Crippen molar-refractivity contribution in [3.05, 3.63) is 42.0 Å². The van der Waals surface area contributed by atoms with E-state index in [0.29, 0.717) is 17.1 Å². The minimum atomic E-state index is -0.754. The molecule has 31 heavy (non-hydrogen) atoms. The molecule has 164 valence electrons. The number of methoxy groups -OCH3 is 3. The van der Waals surface area contributed by atoms with Gasteiger partial charge in [-0.2, -0.15) is 0 Å². The summed E-state index contributed by atoms with van der Waals surface area (Å²) >= 11 is 0. The van der Waals surface area contributed by atoms with Gasteiger partial charge in [0.15, 0.2) is 18.1 Å². The zero-order valence-corrected chi connectivity index (χ0v) is 17.8. The maximum atomic E-state index is 13.0. The van der Waals surface area contributed by atoms with Crippen molar-refractivity contribution in [1.29, 1.82) is 0 Å². The summed E-state index contributed by atoms with van der Waals surface area (Å²) in [7, 11) is 4.28. The number of rotatable bonds is 6. The molecule has 1 heterocycles. The molecule has 0 radical (unpaired) electrons. The topological polar surface area (TPSA) is 103 Å². The number of ether oxygens (including phenoxy) is 4. The van der Waals surface area contributed by atoms with Gasteiger partial charge in [0.25, 0.3) is 5.91 Å². The fourth-order valence-corrected chi connectivity index (χ4v) is 3.50. The van der Waals surface area contributed by atoms with Gasteiger partial charge in [0.05, 0.1) is 32.7 Å². The van der Waals surface area contributed by atoms with E-state index in [1.54, 1.807) is 37.3 Å². The number of para-hydroxylation sites is 2. The highest BCUT2D eigenvalue weighted by Crippen LogP contribution is 2.40. The van der Waals surface area contributed by atoms with Crippen molar-refractivity contribution in [1.82, 2.24) is 0 Å². The number of benzene rings is 2. The SMILES string of the molecule is COc1ccc(C(=O)OCC(=O)N2c3ccccc3NC(=O)CC2C)c(OC)c1OC. The van der Waals surface area contributed by atoms with Crippen LogP contribution in [-0.2, 0) is 14.3 Å². The second-order valence-corrected chi connectivity index (χ2v) is 6.84. The van der Waals surface area contributed by atoms with E-state index in [-0.39, 0.29) is 29.4 Å². The first-order valence-corrected chi connectivity index (χ1v) is 9.58. The molecule has 3 rings (SSSR count). The highest BCUT2D eigenvalue weighted by Gasteiger charge is 2.30. The fraction of sp³-hybridized carbons (Fsp3) is 0.318. The van der Waals surface area contributed by atoms with E-state index in [9.17, 15) is 14.4 Å². The Kier molecular flexibility index (Phi) is 6.64. The van der Waals surface area contributed by atoms with Crippen LogP contribution in [0.25, 0.3) is 0 Å². The molecule has 0 bridgehead atoms. The van der Waals surface area contributed by atoms with E-state index >= 15 is 0 Å². The van der Waals surface area contributed by atoms with Gasteiger partial charge < -0.3 is 29.2 Å².